The van der Waals surface area contributed by atoms with Crippen molar-refractivity contribution in [1.82, 2.24) is 10.1 Å². The van der Waals surface area contributed by atoms with Crippen LogP contribution in [0, 0.1) is 0 Å². The van der Waals surface area contributed by atoms with E-state index in [1.165, 1.54) is 0 Å². The van der Waals surface area contributed by atoms with Gasteiger partial charge in [-0.3, -0.25) is 0 Å². The highest BCUT2D eigenvalue weighted by molar-refractivity contribution is 9.10. The number of hydrogen-bond acceptors (Lipinski definition) is 3. The van der Waals surface area contributed by atoms with Crippen molar-refractivity contribution in [2.75, 3.05) is 0 Å². The molecule has 0 radical (unpaired) electrons. The summed E-state index contributed by atoms with van der Waals surface area (Å²) in [6.45, 7) is 0. The van der Waals surface area contributed by atoms with Crippen LogP contribution in [-0.2, 0) is 0 Å². The number of aromatic nitrogens is 2. The molecule has 0 aliphatic rings. The second kappa shape index (κ2) is 6.18. The number of benzene rings is 2. The molecule has 6 heteroatoms. The molecular weight excluding hydrogens is 375 g/mol. The zero-order valence-corrected chi connectivity index (χ0v) is 13.7. The van der Waals surface area contributed by atoms with E-state index in [4.69, 9.17) is 27.7 Å². The number of hydrogen-bond donors (Lipinski definition) is 0. The smallest absolute Gasteiger partial charge is 0.249 e. The van der Waals surface area contributed by atoms with Gasteiger partial charge in [-0.05, 0) is 39.7 Å². The molecule has 0 saturated carbocycles. The van der Waals surface area contributed by atoms with Crippen molar-refractivity contribution in [2.24, 2.45) is 0 Å². The van der Waals surface area contributed by atoms with Crippen LogP contribution in [-0.4, -0.2) is 10.1 Å². The van der Waals surface area contributed by atoms with Crippen LogP contribution in [0.4, 0.5) is 0 Å². The van der Waals surface area contributed by atoms with Crippen molar-refractivity contribution in [3.05, 3.63) is 69.5 Å². The van der Waals surface area contributed by atoms with Crippen LogP contribution >= 0.6 is 39.1 Å². The average Bonchev–Trinajstić information content (AvgIpc) is 3.00. The Morgan fingerprint density at radius 2 is 1.86 bits per heavy atom. The molecule has 3 rings (SSSR count). The second-order valence-corrected chi connectivity index (χ2v) is 6.06. The predicted octanol–water partition coefficient (Wildman–Crippen LogP) is 5.48. The Labute approximate surface area is 140 Å². The van der Waals surface area contributed by atoms with Gasteiger partial charge in [0.15, 0.2) is 0 Å². The molecule has 3 nitrogen and oxygen atoms in total. The highest BCUT2D eigenvalue weighted by atomic mass is 79.9. The summed E-state index contributed by atoms with van der Waals surface area (Å²) in [6.07, 6.45) is 0. The zero-order chi connectivity index (χ0) is 14.8. The minimum absolute atomic E-state index is 0.365. The van der Waals surface area contributed by atoms with Crippen LogP contribution in [0.15, 0.2) is 57.5 Å². The van der Waals surface area contributed by atoms with Crippen molar-refractivity contribution >= 4 is 39.1 Å². The maximum absolute atomic E-state index is 6.36. The summed E-state index contributed by atoms with van der Waals surface area (Å²) < 4.78 is 6.04. The second-order valence-electron chi connectivity index (χ2n) is 4.36. The Hall–Kier alpha value is -1.36. The molecule has 0 saturated heterocycles. The monoisotopic (exact) mass is 382 g/mol. The molecule has 0 aliphatic heterocycles. The van der Waals surface area contributed by atoms with Crippen molar-refractivity contribution in [2.45, 2.75) is 5.38 Å². The lowest BCUT2D eigenvalue weighted by atomic mass is 10.1. The van der Waals surface area contributed by atoms with Crippen molar-refractivity contribution in [1.29, 1.82) is 0 Å². The Morgan fingerprint density at radius 3 is 2.57 bits per heavy atom. The predicted molar refractivity (Wildman–Crippen MR) is 86.6 cm³/mol. The highest BCUT2D eigenvalue weighted by Gasteiger charge is 2.19. The molecule has 0 fully saturated rings. The molecule has 0 amide bonds. The van der Waals surface area contributed by atoms with Gasteiger partial charge in [0, 0.05) is 10.0 Å². The van der Waals surface area contributed by atoms with Gasteiger partial charge in [0.1, 0.15) is 5.38 Å². The van der Waals surface area contributed by atoms with E-state index < -0.39 is 5.38 Å². The molecule has 3 aromatic rings. The first-order valence-electron chi connectivity index (χ1n) is 6.13. The number of halogens is 3. The van der Waals surface area contributed by atoms with Gasteiger partial charge in [-0.15, -0.1) is 11.6 Å². The van der Waals surface area contributed by atoms with E-state index in [0.29, 0.717) is 16.7 Å². The summed E-state index contributed by atoms with van der Waals surface area (Å²) in [5.74, 6) is 0.841. The van der Waals surface area contributed by atoms with Gasteiger partial charge in [0.05, 0.1) is 5.02 Å². The number of nitrogens with zero attached hydrogens (tertiary/aromatic N) is 2. The summed E-state index contributed by atoms with van der Waals surface area (Å²) in [5.41, 5.74) is 1.71. The van der Waals surface area contributed by atoms with E-state index in [1.807, 2.05) is 42.5 Å². The van der Waals surface area contributed by atoms with Gasteiger partial charge in [0.2, 0.25) is 11.7 Å². The standard InChI is InChI=1S/C15H9BrCl2N2O/c16-11-8-10(6-7-12(11)17)14-19-15(21-20-14)13(18)9-4-2-1-3-5-9/h1-8,13H. The minimum atomic E-state index is -0.469. The maximum Gasteiger partial charge on any atom is 0.249 e. The first-order chi connectivity index (χ1) is 10.1. The molecule has 1 unspecified atom stereocenters. The molecule has 0 spiro atoms. The average molecular weight is 384 g/mol. The third-order valence-electron chi connectivity index (χ3n) is 2.93. The van der Waals surface area contributed by atoms with E-state index in [2.05, 4.69) is 26.1 Å². The third kappa shape index (κ3) is 3.12. The van der Waals surface area contributed by atoms with E-state index in [-0.39, 0.29) is 0 Å². The van der Waals surface area contributed by atoms with Crippen molar-refractivity contribution < 1.29 is 4.52 Å². The van der Waals surface area contributed by atoms with Crippen LogP contribution < -0.4 is 0 Å². The molecular formula is C15H9BrCl2N2O. The summed E-state index contributed by atoms with van der Waals surface area (Å²) in [5, 5.41) is 4.13. The molecule has 1 atom stereocenters. The summed E-state index contributed by atoms with van der Waals surface area (Å²) in [7, 11) is 0. The van der Waals surface area contributed by atoms with Gasteiger partial charge < -0.3 is 4.52 Å². The molecule has 1 heterocycles. The van der Waals surface area contributed by atoms with Gasteiger partial charge in [0.25, 0.3) is 0 Å². The normalized spacial score (nSPS) is 12.3. The molecule has 2 aromatic carbocycles. The summed E-state index contributed by atoms with van der Waals surface area (Å²) in [6, 6.07) is 15.0. The Balaban J connectivity index is 1.91. The lowest BCUT2D eigenvalue weighted by Gasteiger charge is -2.03. The van der Waals surface area contributed by atoms with Crippen LogP contribution in [0.5, 0.6) is 0 Å². The van der Waals surface area contributed by atoms with E-state index in [1.54, 1.807) is 6.07 Å². The SMILES string of the molecule is Clc1ccc(-c2noc(C(Cl)c3ccccc3)n2)cc1Br. The van der Waals surface area contributed by atoms with E-state index in [9.17, 15) is 0 Å². The maximum atomic E-state index is 6.36. The van der Waals surface area contributed by atoms with Crippen LogP contribution in [0.2, 0.25) is 5.02 Å². The molecule has 0 N–H and O–H groups in total. The largest absolute Gasteiger partial charge is 0.337 e. The molecule has 0 aliphatic carbocycles. The molecule has 0 bridgehead atoms. The first kappa shape index (κ1) is 14.6. The van der Waals surface area contributed by atoms with Crippen LogP contribution in [0.25, 0.3) is 11.4 Å². The Bertz CT molecular complexity index is 761. The van der Waals surface area contributed by atoms with E-state index >= 15 is 0 Å². The minimum Gasteiger partial charge on any atom is -0.337 e. The molecule has 106 valence electrons. The fourth-order valence-electron chi connectivity index (χ4n) is 1.86. The van der Waals surface area contributed by atoms with Crippen molar-refractivity contribution in [3.63, 3.8) is 0 Å². The summed E-state index contributed by atoms with van der Waals surface area (Å²) >= 11 is 15.7. The lowest BCUT2D eigenvalue weighted by molar-refractivity contribution is 0.383. The summed E-state index contributed by atoms with van der Waals surface area (Å²) in [4.78, 5) is 4.35. The Morgan fingerprint density at radius 1 is 1.10 bits per heavy atom. The van der Waals surface area contributed by atoms with Gasteiger partial charge >= 0.3 is 0 Å². The number of alkyl halides is 1. The fourth-order valence-corrected chi connectivity index (χ4v) is 2.59. The molecule has 1 aromatic heterocycles. The topological polar surface area (TPSA) is 38.9 Å². The lowest BCUT2D eigenvalue weighted by Crippen LogP contribution is -1.93. The third-order valence-corrected chi connectivity index (χ3v) is 4.58. The zero-order valence-electron chi connectivity index (χ0n) is 10.6. The fraction of sp³-hybridized carbons (Fsp3) is 0.0667. The highest BCUT2D eigenvalue weighted by Crippen LogP contribution is 2.31. The van der Waals surface area contributed by atoms with Gasteiger partial charge in [-0.25, -0.2) is 0 Å². The van der Waals surface area contributed by atoms with Gasteiger partial charge in [-0.2, -0.15) is 4.98 Å². The van der Waals surface area contributed by atoms with Crippen LogP contribution in [0.1, 0.15) is 16.8 Å². The molecule has 21 heavy (non-hydrogen) atoms. The van der Waals surface area contributed by atoms with Crippen LogP contribution in [0.3, 0.4) is 0 Å². The van der Waals surface area contributed by atoms with E-state index in [0.717, 1.165) is 15.6 Å². The van der Waals surface area contributed by atoms with Gasteiger partial charge in [-0.1, -0.05) is 47.1 Å². The first-order valence-corrected chi connectivity index (χ1v) is 7.74. The number of rotatable bonds is 3. The Kier molecular flexibility index (Phi) is 4.29. The van der Waals surface area contributed by atoms with Crippen molar-refractivity contribution in [3.8, 4) is 11.4 Å². The quantitative estimate of drug-likeness (QED) is 0.562.